The van der Waals surface area contributed by atoms with E-state index in [9.17, 15) is 9.59 Å². The molecule has 0 aromatic carbocycles. The van der Waals surface area contributed by atoms with Crippen LogP contribution in [0.3, 0.4) is 0 Å². The third kappa shape index (κ3) is 3.45. The van der Waals surface area contributed by atoms with E-state index in [1.165, 1.54) is 16.2 Å². The first kappa shape index (κ1) is 13.5. The Kier molecular flexibility index (Phi) is 4.51. The Morgan fingerprint density at radius 3 is 2.65 bits per heavy atom. The van der Waals surface area contributed by atoms with Gasteiger partial charge >= 0.3 is 12.0 Å². The Morgan fingerprint density at radius 1 is 1.47 bits per heavy atom. The molecule has 0 aliphatic heterocycles. The molecule has 0 aliphatic carbocycles. The van der Waals surface area contributed by atoms with Gasteiger partial charge in [0, 0.05) is 14.1 Å². The molecule has 6 heteroatoms. The minimum absolute atomic E-state index is 0.221. The van der Waals surface area contributed by atoms with E-state index in [2.05, 4.69) is 5.32 Å². The van der Waals surface area contributed by atoms with Crippen molar-refractivity contribution in [2.75, 3.05) is 26.0 Å². The fraction of sp³-hybridized carbons (Fsp3) is 0.455. The Hall–Kier alpha value is -1.56. The molecular weight excluding hydrogens is 240 g/mol. The van der Waals surface area contributed by atoms with E-state index in [0.717, 1.165) is 5.56 Å². The van der Waals surface area contributed by atoms with Crippen molar-refractivity contribution in [3.05, 3.63) is 16.5 Å². The zero-order valence-electron chi connectivity index (χ0n) is 10.4. The van der Waals surface area contributed by atoms with Crippen LogP contribution in [-0.2, 0) is 4.74 Å². The van der Waals surface area contributed by atoms with E-state index < -0.39 is 0 Å². The van der Waals surface area contributed by atoms with Crippen molar-refractivity contribution in [3.63, 3.8) is 0 Å². The molecule has 0 atom stereocenters. The maximum Gasteiger partial charge on any atom is 0.348 e. The lowest BCUT2D eigenvalue weighted by atomic mass is 10.3. The summed E-state index contributed by atoms with van der Waals surface area (Å²) in [4.78, 5) is 25.0. The van der Waals surface area contributed by atoms with Gasteiger partial charge in [0.1, 0.15) is 4.88 Å². The summed E-state index contributed by atoms with van der Waals surface area (Å²) in [6.45, 7) is 3.92. The lowest BCUT2D eigenvalue weighted by Gasteiger charge is -2.09. The number of urea groups is 1. The van der Waals surface area contributed by atoms with Crippen LogP contribution in [0.15, 0.2) is 6.07 Å². The van der Waals surface area contributed by atoms with Gasteiger partial charge in [0.05, 0.1) is 11.6 Å². The van der Waals surface area contributed by atoms with Crippen molar-refractivity contribution in [1.29, 1.82) is 0 Å². The summed E-state index contributed by atoms with van der Waals surface area (Å²) in [7, 11) is 3.31. The van der Waals surface area contributed by atoms with Crippen LogP contribution in [0.5, 0.6) is 0 Å². The topological polar surface area (TPSA) is 58.6 Å². The Labute approximate surface area is 104 Å². The Bertz CT molecular complexity index is 426. The number of aryl methyl sites for hydroxylation is 1. The summed E-state index contributed by atoms with van der Waals surface area (Å²) in [6.07, 6.45) is 0. The summed E-state index contributed by atoms with van der Waals surface area (Å²) >= 11 is 1.22. The summed E-state index contributed by atoms with van der Waals surface area (Å²) in [6, 6.07) is 1.54. The summed E-state index contributed by atoms with van der Waals surface area (Å²) < 4.78 is 4.92. The smallest absolute Gasteiger partial charge is 0.348 e. The highest BCUT2D eigenvalue weighted by molar-refractivity contribution is 7.18. The predicted octanol–water partition coefficient (Wildman–Crippen LogP) is 2.33. The van der Waals surface area contributed by atoms with Crippen molar-refractivity contribution in [1.82, 2.24) is 4.90 Å². The van der Waals surface area contributed by atoms with E-state index >= 15 is 0 Å². The van der Waals surface area contributed by atoms with Gasteiger partial charge in [-0.05, 0) is 25.5 Å². The average molecular weight is 256 g/mol. The number of hydrogen-bond acceptors (Lipinski definition) is 4. The molecule has 1 heterocycles. The molecular formula is C11H16N2O3S. The van der Waals surface area contributed by atoms with E-state index in [1.807, 2.05) is 6.92 Å². The Morgan fingerprint density at radius 2 is 2.12 bits per heavy atom. The van der Waals surface area contributed by atoms with E-state index in [4.69, 9.17) is 4.74 Å². The van der Waals surface area contributed by atoms with Crippen LogP contribution < -0.4 is 5.32 Å². The van der Waals surface area contributed by atoms with Crippen LogP contribution in [0.4, 0.5) is 9.80 Å². The number of hydrogen-bond donors (Lipinski definition) is 1. The van der Waals surface area contributed by atoms with E-state index in [0.29, 0.717) is 16.5 Å². The quantitative estimate of drug-likeness (QED) is 0.844. The largest absolute Gasteiger partial charge is 0.462 e. The van der Waals surface area contributed by atoms with Gasteiger partial charge in [-0.1, -0.05) is 0 Å². The molecule has 1 N–H and O–H groups in total. The highest BCUT2D eigenvalue weighted by Crippen LogP contribution is 2.27. The molecule has 0 aliphatic rings. The fourth-order valence-electron chi connectivity index (χ4n) is 1.16. The van der Waals surface area contributed by atoms with Gasteiger partial charge in [-0.15, -0.1) is 11.3 Å². The maximum absolute atomic E-state index is 11.6. The van der Waals surface area contributed by atoms with Crippen molar-refractivity contribution < 1.29 is 14.3 Å². The Balaban J connectivity index is 2.81. The van der Waals surface area contributed by atoms with E-state index in [-0.39, 0.29) is 12.0 Å². The lowest BCUT2D eigenvalue weighted by Crippen LogP contribution is -2.26. The van der Waals surface area contributed by atoms with E-state index in [1.54, 1.807) is 27.1 Å². The number of nitrogens with zero attached hydrogens (tertiary/aromatic N) is 1. The minimum Gasteiger partial charge on any atom is -0.462 e. The van der Waals surface area contributed by atoms with Crippen molar-refractivity contribution in [2.45, 2.75) is 13.8 Å². The van der Waals surface area contributed by atoms with Crippen molar-refractivity contribution in [3.8, 4) is 0 Å². The number of carbonyl (C=O) groups is 2. The summed E-state index contributed by atoms with van der Waals surface area (Å²) in [5, 5.41) is 3.34. The molecule has 94 valence electrons. The number of carbonyl (C=O) groups excluding carboxylic acids is 2. The third-order valence-corrected chi connectivity index (χ3v) is 3.15. The monoisotopic (exact) mass is 256 g/mol. The summed E-state index contributed by atoms with van der Waals surface area (Å²) in [5.41, 5.74) is 0.808. The molecule has 1 aromatic heterocycles. The second kappa shape index (κ2) is 5.67. The van der Waals surface area contributed by atoms with Gasteiger partial charge in [0.15, 0.2) is 0 Å². The first-order valence-electron chi connectivity index (χ1n) is 5.21. The normalized spacial score (nSPS) is 9.88. The molecule has 0 bridgehead atoms. The van der Waals surface area contributed by atoms with Crippen LogP contribution in [0, 0.1) is 6.92 Å². The second-order valence-corrected chi connectivity index (χ2v) is 4.72. The molecule has 0 saturated heterocycles. The fourth-order valence-corrected chi connectivity index (χ4v) is 2.12. The second-order valence-electron chi connectivity index (χ2n) is 3.67. The highest BCUT2D eigenvalue weighted by atomic mass is 32.1. The van der Waals surface area contributed by atoms with Gasteiger partial charge in [-0.25, -0.2) is 9.59 Å². The van der Waals surface area contributed by atoms with Crippen LogP contribution >= 0.6 is 11.3 Å². The number of ether oxygens (including phenoxy) is 1. The number of esters is 1. The van der Waals surface area contributed by atoms with Gasteiger partial charge in [0.2, 0.25) is 0 Å². The number of amides is 2. The standard InChI is InChI=1S/C11H16N2O3S/c1-5-16-10(14)9-7(2)6-8(17-9)12-11(15)13(3)4/h6H,5H2,1-4H3,(H,12,15). The van der Waals surface area contributed by atoms with Crippen molar-refractivity contribution >= 4 is 28.3 Å². The number of nitrogens with one attached hydrogen (secondary N) is 1. The molecule has 0 fully saturated rings. The van der Waals surface area contributed by atoms with Gasteiger partial charge < -0.3 is 9.64 Å². The van der Waals surface area contributed by atoms with Gasteiger partial charge in [-0.2, -0.15) is 0 Å². The molecule has 0 spiro atoms. The molecule has 1 aromatic rings. The van der Waals surface area contributed by atoms with Crippen LogP contribution in [0.25, 0.3) is 0 Å². The number of anilines is 1. The molecule has 5 nitrogen and oxygen atoms in total. The summed E-state index contributed by atoms with van der Waals surface area (Å²) in [5.74, 6) is -0.347. The van der Waals surface area contributed by atoms with Crippen LogP contribution in [0.2, 0.25) is 0 Å². The van der Waals surface area contributed by atoms with Crippen LogP contribution in [-0.4, -0.2) is 37.6 Å². The van der Waals surface area contributed by atoms with Crippen LogP contribution in [0.1, 0.15) is 22.2 Å². The van der Waals surface area contributed by atoms with Gasteiger partial charge in [-0.3, -0.25) is 5.32 Å². The third-order valence-electron chi connectivity index (χ3n) is 2.01. The van der Waals surface area contributed by atoms with Crippen molar-refractivity contribution in [2.24, 2.45) is 0 Å². The molecule has 0 saturated carbocycles. The molecule has 0 radical (unpaired) electrons. The SMILES string of the molecule is CCOC(=O)c1sc(NC(=O)N(C)C)cc1C. The zero-order valence-corrected chi connectivity index (χ0v) is 11.2. The molecule has 1 rings (SSSR count). The predicted molar refractivity (Wildman–Crippen MR) is 67.7 cm³/mol. The number of rotatable bonds is 3. The lowest BCUT2D eigenvalue weighted by molar-refractivity contribution is 0.0531. The number of thiophene rings is 1. The average Bonchev–Trinajstić information content (AvgIpc) is 2.59. The highest BCUT2D eigenvalue weighted by Gasteiger charge is 2.16. The maximum atomic E-state index is 11.6. The first-order valence-corrected chi connectivity index (χ1v) is 6.03. The first-order chi connectivity index (χ1) is 7.95. The molecule has 0 unspecified atom stereocenters. The zero-order chi connectivity index (χ0) is 13.0. The van der Waals surface area contributed by atoms with Gasteiger partial charge in [0.25, 0.3) is 0 Å². The minimum atomic E-state index is -0.347. The molecule has 2 amide bonds. The molecule has 17 heavy (non-hydrogen) atoms.